The lowest BCUT2D eigenvalue weighted by Gasteiger charge is -2.31. The third-order valence-electron chi connectivity index (χ3n) is 5.86. The Morgan fingerprint density at radius 1 is 1.27 bits per heavy atom. The highest BCUT2D eigenvalue weighted by Gasteiger charge is 2.26. The first kappa shape index (κ1) is 20.6. The van der Waals surface area contributed by atoms with Crippen LogP contribution in [0, 0.1) is 11.3 Å². The van der Waals surface area contributed by atoms with Gasteiger partial charge in [0.05, 0.1) is 17.1 Å². The number of hydrogen-bond acceptors (Lipinski definition) is 6. The van der Waals surface area contributed by atoms with Gasteiger partial charge in [-0.15, -0.1) is 0 Å². The standard InChI is InChI=1S/C23H29N5O2/c1-4-13-29-16(3)28-20-15-26-19(14-24)22(21(20)18-7-6-10-25-23(18)28)30-17-8-11-27(5-2)12-9-17/h6-7,10,15-17H,4-5,8-9,11-13H2,1-3H3. The first-order valence-electron chi connectivity index (χ1n) is 10.9. The van der Waals surface area contributed by atoms with Gasteiger partial charge in [-0.25, -0.2) is 9.97 Å². The molecular weight excluding hydrogens is 378 g/mol. The predicted molar refractivity (Wildman–Crippen MR) is 116 cm³/mol. The minimum atomic E-state index is -0.199. The molecule has 0 bridgehead atoms. The summed E-state index contributed by atoms with van der Waals surface area (Å²) in [5.41, 5.74) is 2.02. The lowest BCUT2D eigenvalue weighted by atomic mass is 10.1. The van der Waals surface area contributed by atoms with E-state index in [1.807, 2.05) is 19.1 Å². The third kappa shape index (κ3) is 3.73. The molecule has 3 aromatic heterocycles. The van der Waals surface area contributed by atoms with E-state index in [0.29, 0.717) is 18.1 Å². The predicted octanol–water partition coefficient (Wildman–Crippen LogP) is 4.26. The van der Waals surface area contributed by atoms with E-state index in [1.54, 1.807) is 12.4 Å². The molecule has 1 aliphatic heterocycles. The number of nitriles is 1. The zero-order valence-electron chi connectivity index (χ0n) is 18.0. The van der Waals surface area contributed by atoms with Gasteiger partial charge in [0.1, 0.15) is 24.0 Å². The fourth-order valence-electron chi connectivity index (χ4n) is 4.26. The van der Waals surface area contributed by atoms with Crippen LogP contribution in [0.1, 0.15) is 52.0 Å². The lowest BCUT2D eigenvalue weighted by Crippen LogP contribution is -2.38. The highest BCUT2D eigenvalue weighted by molar-refractivity contribution is 6.10. The van der Waals surface area contributed by atoms with Gasteiger partial charge in [-0.3, -0.25) is 4.57 Å². The van der Waals surface area contributed by atoms with Gasteiger partial charge in [0, 0.05) is 31.3 Å². The number of pyridine rings is 2. The van der Waals surface area contributed by atoms with Gasteiger partial charge < -0.3 is 14.4 Å². The maximum atomic E-state index is 9.74. The third-order valence-corrected chi connectivity index (χ3v) is 5.86. The minimum absolute atomic E-state index is 0.0798. The molecule has 1 unspecified atom stereocenters. The lowest BCUT2D eigenvalue weighted by molar-refractivity contribution is 0.0221. The van der Waals surface area contributed by atoms with E-state index in [4.69, 9.17) is 9.47 Å². The Hall–Kier alpha value is -2.69. The van der Waals surface area contributed by atoms with Crippen molar-refractivity contribution < 1.29 is 9.47 Å². The van der Waals surface area contributed by atoms with Crippen molar-refractivity contribution in [2.75, 3.05) is 26.2 Å². The van der Waals surface area contributed by atoms with Crippen molar-refractivity contribution in [3.63, 3.8) is 0 Å². The van der Waals surface area contributed by atoms with E-state index >= 15 is 0 Å². The molecule has 7 heteroatoms. The van der Waals surface area contributed by atoms with Crippen LogP contribution in [0.25, 0.3) is 21.9 Å². The van der Waals surface area contributed by atoms with Crippen LogP contribution in [0.5, 0.6) is 5.75 Å². The number of likely N-dealkylation sites (tertiary alicyclic amines) is 1. The van der Waals surface area contributed by atoms with Crippen molar-refractivity contribution in [2.45, 2.75) is 52.4 Å². The van der Waals surface area contributed by atoms with E-state index in [1.165, 1.54) is 0 Å². The van der Waals surface area contributed by atoms with Gasteiger partial charge in [-0.1, -0.05) is 13.8 Å². The summed E-state index contributed by atoms with van der Waals surface area (Å²) in [4.78, 5) is 11.5. The van der Waals surface area contributed by atoms with Crippen LogP contribution < -0.4 is 4.74 Å². The van der Waals surface area contributed by atoms with Crippen molar-refractivity contribution in [3.8, 4) is 11.8 Å². The fraction of sp³-hybridized carbons (Fsp3) is 0.522. The number of ether oxygens (including phenoxy) is 2. The molecule has 0 N–H and O–H groups in total. The molecule has 0 aliphatic carbocycles. The summed E-state index contributed by atoms with van der Waals surface area (Å²) in [7, 11) is 0. The molecule has 7 nitrogen and oxygen atoms in total. The smallest absolute Gasteiger partial charge is 0.183 e. The second kappa shape index (κ2) is 8.99. The van der Waals surface area contributed by atoms with Gasteiger partial charge in [0.2, 0.25) is 0 Å². The van der Waals surface area contributed by atoms with Crippen LogP contribution >= 0.6 is 0 Å². The first-order chi connectivity index (χ1) is 14.7. The van der Waals surface area contributed by atoms with E-state index in [-0.39, 0.29) is 12.3 Å². The van der Waals surface area contributed by atoms with Gasteiger partial charge in [-0.2, -0.15) is 5.26 Å². The Balaban J connectivity index is 1.82. The van der Waals surface area contributed by atoms with Crippen molar-refractivity contribution >= 4 is 21.9 Å². The fourth-order valence-corrected chi connectivity index (χ4v) is 4.26. The van der Waals surface area contributed by atoms with Gasteiger partial charge in [-0.05, 0) is 44.9 Å². The molecule has 1 aliphatic rings. The zero-order valence-corrected chi connectivity index (χ0v) is 18.0. The molecule has 4 heterocycles. The summed E-state index contributed by atoms with van der Waals surface area (Å²) in [6, 6.07) is 6.17. The SMILES string of the molecule is CCCOC(C)n1c2cnc(C#N)c(OC3CCN(CC)CC3)c2c2cccnc21. The van der Waals surface area contributed by atoms with Gasteiger partial charge in [0.15, 0.2) is 11.4 Å². The molecule has 0 aromatic carbocycles. The number of aromatic nitrogens is 3. The van der Waals surface area contributed by atoms with Crippen LogP contribution in [0.15, 0.2) is 24.5 Å². The van der Waals surface area contributed by atoms with Crippen LogP contribution in [0.3, 0.4) is 0 Å². The number of fused-ring (bicyclic) bond motifs is 3. The summed E-state index contributed by atoms with van der Waals surface area (Å²) in [5.74, 6) is 0.574. The Labute approximate surface area is 177 Å². The molecule has 4 rings (SSSR count). The quantitative estimate of drug-likeness (QED) is 0.582. The van der Waals surface area contributed by atoms with Crippen molar-refractivity contribution in [2.24, 2.45) is 0 Å². The highest BCUT2D eigenvalue weighted by Crippen LogP contribution is 2.39. The van der Waals surface area contributed by atoms with Crippen molar-refractivity contribution in [3.05, 3.63) is 30.2 Å². The largest absolute Gasteiger partial charge is 0.487 e. The van der Waals surface area contributed by atoms with E-state index in [0.717, 1.165) is 60.8 Å². The number of rotatable bonds is 7. The summed E-state index contributed by atoms with van der Waals surface area (Å²) in [6.45, 7) is 10.0. The summed E-state index contributed by atoms with van der Waals surface area (Å²) < 4.78 is 14.5. The van der Waals surface area contributed by atoms with Crippen molar-refractivity contribution in [1.82, 2.24) is 19.4 Å². The van der Waals surface area contributed by atoms with Crippen LogP contribution in [0.4, 0.5) is 0 Å². The molecule has 1 fully saturated rings. The van der Waals surface area contributed by atoms with Crippen LogP contribution in [-0.2, 0) is 4.74 Å². The minimum Gasteiger partial charge on any atom is -0.487 e. The zero-order chi connectivity index (χ0) is 21.1. The van der Waals surface area contributed by atoms with Crippen LogP contribution in [-0.4, -0.2) is 51.8 Å². The Morgan fingerprint density at radius 2 is 2.07 bits per heavy atom. The molecular formula is C23H29N5O2. The second-order valence-electron chi connectivity index (χ2n) is 7.77. The molecule has 30 heavy (non-hydrogen) atoms. The van der Waals surface area contributed by atoms with E-state index < -0.39 is 0 Å². The average Bonchev–Trinajstić information content (AvgIpc) is 3.13. The highest BCUT2D eigenvalue weighted by atomic mass is 16.5. The molecule has 0 saturated carbocycles. The number of nitrogens with zero attached hydrogens (tertiary/aromatic N) is 5. The van der Waals surface area contributed by atoms with Gasteiger partial charge >= 0.3 is 0 Å². The second-order valence-corrected chi connectivity index (χ2v) is 7.77. The Kier molecular flexibility index (Phi) is 6.16. The van der Waals surface area contributed by atoms with Gasteiger partial charge in [0.25, 0.3) is 0 Å². The number of piperidine rings is 1. The molecule has 3 aromatic rings. The van der Waals surface area contributed by atoms with E-state index in [2.05, 4.69) is 39.4 Å². The summed E-state index contributed by atoms with van der Waals surface area (Å²) in [5, 5.41) is 11.6. The Morgan fingerprint density at radius 3 is 2.77 bits per heavy atom. The monoisotopic (exact) mass is 407 g/mol. The molecule has 1 atom stereocenters. The maximum Gasteiger partial charge on any atom is 0.183 e. The average molecular weight is 408 g/mol. The summed E-state index contributed by atoms with van der Waals surface area (Å²) in [6.07, 6.45) is 6.24. The van der Waals surface area contributed by atoms with Crippen molar-refractivity contribution in [1.29, 1.82) is 5.26 Å². The molecule has 1 saturated heterocycles. The first-order valence-corrected chi connectivity index (χ1v) is 10.9. The molecule has 0 amide bonds. The van der Waals surface area contributed by atoms with Crippen LogP contribution in [0.2, 0.25) is 0 Å². The normalized spacial score (nSPS) is 16.7. The molecule has 0 radical (unpaired) electrons. The number of hydrogen-bond donors (Lipinski definition) is 0. The van der Waals surface area contributed by atoms with E-state index in [9.17, 15) is 5.26 Å². The maximum absolute atomic E-state index is 9.74. The molecule has 0 spiro atoms. The Bertz CT molecular complexity index is 1060. The summed E-state index contributed by atoms with van der Waals surface area (Å²) >= 11 is 0. The topological polar surface area (TPSA) is 76.2 Å². The molecule has 158 valence electrons.